The van der Waals surface area contributed by atoms with Crippen molar-refractivity contribution in [1.82, 2.24) is 5.06 Å². The minimum atomic E-state index is -0.549. The van der Waals surface area contributed by atoms with E-state index in [0.717, 1.165) is 0 Å². The van der Waals surface area contributed by atoms with E-state index in [1.165, 1.54) is 5.06 Å². The average Bonchev–Trinajstić information content (AvgIpc) is 2.02. The zero-order valence-corrected chi connectivity index (χ0v) is 4.24. The normalized spacial score (nSPS) is 59.2. The van der Waals surface area contributed by atoms with E-state index in [0.29, 0.717) is 6.61 Å². The highest BCUT2D eigenvalue weighted by Gasteiger charge is 2.71. The molecule has 2 fully saturated rings. The Hall–Kier alpha value is -0.160. The molecule has 0 aliphatic carbocycles. The van der Waals surface area contributed by atoms with Crippen LogP contribution in [0.4, 0.5) is 0 Å². The molecule has 1 unspecified atom stereocenters. The second kappa shape index (κ2) is 1.06. The third kappa shape index (κ3) is 0.262. The fourth-order valence-electron chi connectivity index (χ4n) is 0.975. The fourth-order valence-corrected chi connectivity index (χ4v) is 0.975. The molecule has 2 aliphatic heterocycles. The highest BCUT2D eigenvalue weighted by atomic mass is 16.8. The summed E-state index contributed by atoms with van der Waals surface area (Å²) in [7, 11) is 0. The van der Waals surface area contributed by atoms with E-state index in [4.69, 9.17) is 15.1 Å². The van der Waals surface area contributed by atoms with Crippen LogP contribution in [-0.4, -0.2) is 40.3 Å². The zero-order chi connectivity index (χ0) is 5.78. The highest BCUT2D eigenvalue weighted by molar-refractivity contribution is 5.12. The molecule has 2 saturated heterocycles. The van der Waals surface area contributed by atoms with E-state index >= 15 is 0 Å². The molecule has 0 amide bonds. The molecule has 4 heteroatoms. The first-order valence-electron chi connectivity index (χ1n) is 2.52. The Morgan fingerprint density at radius 3 is 2.62 bits per heavy atom. The third-order valence-electron chi connectivity index (χ3n) is 1.80. The molecule has 2 rings (SSSR count). The maximum atomic E-state index is 8.86. The van der Waals surface area contributed by atoms with Crippen LogP contribution >= 0.6 is 0 Å². The SMILES string of the molecule is OC[C@@]12CON1[C@H]2O. The summed E-state index contributed by atoms with van der Waals surface area (Å²) < 4.78 is 0. The summed E-state index contributed by atoms with van der Waals surface area (Å²) in [5.41, 5.74) is -0.389. The van der Waals surface area contributed by atoms with Gasteiger partial charge in [0.1, 0.15) is 5.54 Å². The van der Waals surface area contributed by atoms with Gasteiger partial charge in [0.15, 0.2) is 6.23 Å². The summed E-state index contributed by atoms with van der Waals surface area (Å²) >= 11 is 0. The molecule has 0 aromatic carbocycles. The number of hydrogen-bond donors (Lipinski definition) is 2. The molecule has 2 aliphatic rings. The Balaban J connectivity index is 2.11. The first-order chi connectivity index (χ1) is 3.81. The first kappa shape index (κ1) is 4.69. The number of rotatable bonds is 1. The molecule has 0 aromatic heterocycles. The number of aliphatic hydroxyl groups excluding tert-OH is 2. The minimum absolute atomic E-state index is 0.00579. The van der Waals surface area contributed by atoms with Crippen molar-refractivity contribution in [2.24, 2.45) is 0 Å². The van der Waals surface area contributed by atoms with Crippen LogP contribution in [0.3, 0.4) is 0 Å². The van der Waals surface area contributed by atoms with Crippen molar-refractivity contribution in [3.05, 3.63) is 0 Å². The standard InChI is InChI=1S/C4H7NO3/c6-1-4-2-8-5(4)3(4)7/h3,6-7H,1-2H2/t3-,4-,5?/m0/s1. The minimum Gasteiger partial charge on any atom is -0.394 e. The summed E-state index contributed by atoms with van der Waals surface area (Å²) in [6, 6.07) is 0. The maximum absolute atomic E-state index is 8.86. The van der Waals surface area contributed by atoms with E-state index in [2.05, 4.69) is 0 Å². The van der Waals surface area contributed by atoms with Gasteiger partial charge < -0.3 is 10.2 Å². The Morgan fingerprint density at radius 1 is 1.88 bits per heavy atom. The molecule has 4 nitrogen and oxygen atoms in total. The lowest BCUT2D eigenvalue weighted by Gasteiger charge is -2.21. The lowest BCUT2D eigenvalue weighted by atomic mass is 10.2. The van der Waals surface area contributed by atoms with Crippen LogP contribution in [0, 0.1) is 0 Å². The van der Waals surface area contributed by atoms with Gasteiger partial charge in [-0.1, -0.05) is 0 Å². The molecule has 2 heterocycles. The van der Waals surface area contributed by atoms with Crippen LogP contribution in [0.15, 0.2) is 0 Å². The monoisotopic (exact) mass is 117 g/mol. The van der Waals surface area contributed by atoms with Crippen molar-refractivity contribution in [3.63, 3.8) is 0 Å². The van der Waals surface area contributed by atoms with Crippen LogP contribution in [0.5, 0.6) is 0 Å². The molecule has 0 aromatic rings. The lowest BCUT2D eigenvalue weighted by molar-refractivity contribution is -0.205. The zero-order valence-electron chi connectivity index (χ0n) is 4.24. The van der Waals surface area contributed by atoms with E-state index < -0.39 is 6.23 Å². The van der Waals surface area contributed by atoms with E-state index in [9.17, 15) is 0 Å². The lowest BCUT2D eigenvalue weighted by Crippen LogP contribution is -2.39. The first-order valence-corrected chi connectivity index (χ1v) is 2.52. The molecule has 0 saturated carbocycles. The van der Waals surface area contributed by atoms with Crippen molar-refractivity contribution in [1.29, 1.82) is 0 Å². The van der Waals surface area contributed by atoms with Crippen molar-refractivity contribution >= 4 is 0 Å². The molecule has 46 valence electrons. The van der Waals surface area contributed by atoms with Crippen molar-refractivity contribution in [2.75, 3.05) is 13.2 Å². The molecular formula is C4H7NO3. The topological polar surface area (TPSA) is 52.7 Å². The molecule has 0 radical (unpaired) electrons. The van der Waals surface area contributed by atoms with Crippen LogP contribution in [-0.2, 0) is 4.84 Å². The van der Waals surface area contributed by atoms with E-state index in [-0.39, 0.29) is 12.1 Å². The molecule has 8 heavy (non-hydrogen) atoms. The largest absolute Gasteiger partial charge is 0.394 e. The second-order valence-electron chi connectivity index (χ2n) is 2.23. The fraction of sp³-hybridized carbons (Fsp3) is 1.00. The van der Waals surface area contributed by atoms with Gasteiger partial charge in [-0.05, 0) is 0 Å². The van der Waals surface area contributed by atoms with Crippen LogP contribution in [0.1, 0.15) is 0 Å². The number of hydroxylamine groups is 2. The van der Waals surface area contributed by atoms with Gasteiger partial charge in [0.25, 0.3) is 0 Å². The Morgan fingerprint density at radius 2 is 2.62 bits per heavy atom. The maximum Gasteiger partial charge on any atom is 0.156 e. The van der Waals surface area contributed by atoms with Gasteiger partial charge in [0, 0.05) is 0 Å². The molecular weight excluding hydrogens is 110 g/mol. The number of hydrogen-bond acceptors (Lipinski definition) is 4. The van der Waals surface area contributed by atoms with Crippen molar-refractivity contribution in [3.8, 4) is 0 Å². The van der Waals surface area contributed by atoms with Gasteiger partial charge in [-0.25, -0.2) is 0 Å². The van der Waals surface area contributed by atoms with Crippen molar-refractivity contribution in [2.45, 2.75) is 11.8 Å². The molecule has 0 spiro atoms. The van der Waals surface area contributed by atoms with Crippen LogP contribution < -0.4 is 0 Å². The van der Waals surface area contributed by atoms with Gasteiger partial charge in [-0.3, -0.25) is 4.84 Å². The third-order valence-corrected chi connectivity index (χ3v) is 1.80. The summed E-state index contributed by atoms with van der Waals surface area (Å²) in [5.74, 6) is 0. The summed E-state index contributed by atoms with van der Waals surface area (Å²) in [6.45, 7) is 0.457. The van der Waals surface area contributed by atoms with Gasteiger partial charge in [-0.2, -0.15) is 0 Å². The summed E-state index contributed by atoms with van der Waals surface area (Å²) in [6.07, 6.45) is -0.549. The van der Waals surface area contributed by atoms with Gasteiger partial charge in [0.05, 0.1) is 13.2 Å². The number of aliphatic hydroxyl groups is 2. The smallest absolute Gasteiger partial charge is 0.156 e. The van der Waals surface area contributed by atoms with E-state index in [1.54, 1.807) is 0 Å². The molecule has 3 atom stereocenters. The Bertz CT molecular complexity index is 118. The van der Waals surface area contributed by atoms with Gasteiger partial charge >= 0.3 is 0 Å². The summed E-state index contributed by atoms with van der Waals surface area (Å²) in [4.78, 5) is 4.73. The van der Waals surface area contributed by atoms with Crippen LogP contribution in [0.2, 0.25) is 0 Å². The second-order valence-corrected chi connectivity index (χ2v) is 2.23. The number of nitrogens with zero attached hydrogens (tertiary/aromatic N) is 1. The summed E-state index contributed by atoms with van der Waals surface area (Å²) in [5, 5.41) is 18.8. The van der Waals surface area contributed by atoms with Crippen LogP contribution in [0.25, 0.3) is 0 Å². The predicted molar refractivity (Wildman–Crippen MR) is 23.6 cm³/mol. The number of fused-ring (bicyclic) bond motifs is 1. The van der Waals surface area contributed by atoms with Gasteiger partial charge in [-0.15, -0.1) is 5.06 Å². The molecule has 0 bridgehead atoms. The van der Waals surface area contributed by atoms with E-state index in [1.807, 2.05) is 0 Å². The average molecular weight is 117 g/mol. The highest BCUT2D eigenvalue weighted by Crippen LogP contribution is 2.47. The Kier molecular flexibility index (Phi) is 0.622. The van der Waals surface area contributed by atoms with Crippen molar-refractivity contribution < 1.29 is 15.1 Å². The predicted octanol–water partition coefficient (Wildman–Crippen LogP) is -1.70. The Labute approximate surface area is 46.2 Å². The quantitative estimate of drug-likeness (QED) is 0.402. The van der Waals surface area contributed by atoms with Gasteiger partial charge in [0.2, 0.25) is 0 Å². The molecule has 2 N–H and O–H groups in total.